The molecule has 0 aliphatic carbocycles. The van der Waals surface area contributed by atoms with Crippen molar-refractivity contribution in [2.75, 3.05) is 0 Å². The van der Waals surface area contributed by atoms with E-state index in [9.17, 15) is 0 Å². The van der Waals surface area contributed by atoms with Gasteiger partial charge < -0.3 is 0 Å². The molecule has 0 aliphatic rings. The summed E-state index contributed by atoms with van der Waals surface area (Å²) in [5, 5.41) is 5.98. The van der Waals surface area contributed by atoms with Crippen LogP contribution < -0.4 is 0 Å². The minimum atomic E-state index is 0.443. The number of hydrogen-bond donors (Lipinski definition) is 0. The Bertz CT molecular complexity index is 550. The van der Waals surface area contributed by atoms with Crippen LogP contribution in [-0.4, -0.2) is 14.8 Å². The molecule has 0 bridgehead atoms. The van der Waals surface area contributed by atoms with Gasteiger partial charge in [-0.3, -0.25) is 9.67 Å². The average molecular weight is 231 g/mol. The number of rotatable bonds is 2. The highest BCUT2D eigenvalue weighted by Gasteiger charge is 2.18. The van der Waals surface area contributed by atoms with Crippen LogP contribution in [0.5, 0.6) is 0 Å². The molecule has 0 unspecified atom stereocenters. The second-order valence-electron chi connectivity index (χ2n) is 5.34. The lowest BCUT2D eigenvalue weighted by Gasteiger charge is -2.10. The molecule has 2 heterocycles. The molecule has 0 aromatic carbocycles. The average Bonchev–Trinajstić information content (AvgIpc) is 2.57. The molecule has 0 amide bonds. The second kappa shape index (κ2) is 4.13. The second-order valence-corrected chi connectivity index (χ2v) is 5.34. The van der Waals surface area contributed by atoms with E-state index in [1.54, 1.807) is 0 Å². The molecule has 3 heteroatoms. The van der Waals surface area contributed by atoms with Gasteiger partial charge in [0.05, 0.1) is 16.9 Å². The Labute approximate surface area is 103 Å². The minimum Gasteiger partial charge on any atom is -0.266 e. The van der Waals surface area contributed by atoms with Crippen LogP contribution in [0.4, 0.5) is 0 Å². The van der Waals surface area contributed by atoms with Gasteiger partial charge in [0.15, 0.2) is 0 Å². The van der Waals surface area contributed by atoms with Crippen molar-refractivity contribution in [2.45, 2.75) is 46.5 Å². The van der Waals surface area contributed by atoms with Crippen molar-refractivity contribution < 1.29 is 0 Å². The molecule has 17 heavy (non-hydrogen) atoms. The number of hydrogen-bond acceptors (Lipinski definition) is 2. The zero-order chi connectivity index (χ0) is 12.7. The van der Waals surface area contributed by atoms with Gasteiger partial charge >= 0.3 is 0 Å². The minimum absolute atomic E-state index is 0.443. The van der Waals surface area contributed by atoms with Gasteiger partial charge in [0, 0.05) is 18.6 Å². The van der Waals surface area contributed by atoms with Crippen molar-refractivity contribution in [3.63, 3.8) is 0 Å². The van der Waals surface area contributed by atoms with Crippen molar-refractivity contribution in [2.24, 2.45) is 7.05 Å². The van der Waals surface area contributed by atoms with Gasteiger partial charge in [0.1, 0.15) is 0 Å². The van der Waals surface area contributed by atoms with E-state index in [-0.39, 0.29) is 0 Å². The lowest BCUT2D eigenvalue weighted by atomic mass is 9.96. The van der Waals surface area contributed by atoms with Crippen LogP contribution in [0.1, 0.15) is 56.5 Å². The van der Waals surface area contributed by atoms with Crippen LogP contribution in [-0.2, 0) is 7.05 Å². The van der Waals surface area contributed by atoms with Crippen LogP contribution >= 0.6 is 0 Å². The summed E-state index contributed by atoms with van der Waals surface area (Å²) in [4.78, 5) is 4.50. The maximum atomic E-state index is 4.67. The van der Waals surface area contributed by atoms with Crippen molar-refractivity contribution in [3.8, 4) is 0 Å². The van der Waals surface area contributed by atoms with E-state index in [0.29, 0.717) is 11.8 Å². The maximum absolute atomic E-state index is 4.67. The molecule has 0 spiro atoms. The van der Waals surface area contributed by atoms with Gasteiger partial charge in [-0.25, -0.2) is 0 Å². The molecule has 2 aromatic rings. The molecule has 2 aromatic heterocycles. The fraction of sp³-hybridized carbons (Fsp3) is 0.571. The molecule has 0 atom stereocenters. The summed E-state index contributed by atoms with van der Waals surface area (Å²) in [7, 11) is 2.01. The van der Waals surface area contributed by atoms with Gasteiger partial charge in [0.2, 0.25) is 0 Å². The first-order valence-corrected chi connectivity index (χ1v) is 6.25. The van der Waals surface area contributed by atoms with Crippen LogP contribution in [0.2, 0.25) is 0 Å². The number of nitrogens with zero attached hydrogens (tertiary/aromatic N) is 3. The Balaban J connectivity index is 2.90. The Kier molecular flexibility index (Phi) is 2.94. The molecule has 0 fully saturated rings. The molecular formula is C14H21N3. The van der Waals surface area contributed by atoms with E-state index in [2.05, 4.69) is 44.7 Å². The SMILES string of the molecule is Cc1ncc(C(C)C)c2c(C(C)C)nn(C)c12. The molecule has 0 aliphatic heterocycles. The fourth-order valence-corrected chi connectivity index (χ4v) is 2.38. The number of fused-ring (bicyclic) bond motifs is 1. The molecule has 92 valence electrons. The monoisotopic (exact) mass is 231 g/mol. The van der Waals surface area contributed by atoms with Crippen molar-refractivity contribution in [3.05, 3.63) is 23.1 Å². The third kappa shape index (κ3) is 1.84. The van der Waals surface area contributed by atoms with Gasteiger partial charge in [0.25, 0.3) is 0 Å². The quantitative estimate of drug-likeness (QED) is 0.791. The summed E-state index contributed by atoms with van der Waals surface area (Å²) < 4.78 is 1.97. The summed E-state index contributed by atoms with van der Waals surface area (Å²) in [6.45, 7) is 10.9. The topological polar surface area (TPSA) is 30.7 Å². The van der Waals surface area contributed by atoms with E-state index in [4.69, 9.17) is 0 Å². The third-order valence-corrected chi connectivity index (χ3v) is 3.27. The number of aromatic nitrogens is 3. The summed E-state index contributed by atoms with van der Waals surface area (Å²) >= 11 is 0. The zero-order valence-corrected chi connectivity index (χ0v) is 11.6. The molecular weight excluding hydrogens is 210 g/mol. The standard InChI is InChI=1S/C14H21N3/c1-8(2)11-7-15-10(5)14-12(11)13(9(3)4)16-17(14)6/h7-9H,1-6H3. The highest BCUT2D eigenvalue weighted by Crippen LogP contribution is 2.32. The van der Waals surface area contributed by atoms with E-state index < -0.39 is 0 Å². The van der Waals surface area contributed by atoms with Crippen LogP contribution in [0, 0.1) is 6.92 Å². The van der Waals surface area contributed by atoms with E-state index in [1.165, 1.54) is 22.2 Å². The summed E-state index contributed by atoms with van der Waals surface area (Å²) in [5.74, 6) is 0.922. The van der Waals surface area contributed by atoms with Crippen molar-refractivity contribution in [1.82, 2.24) is 14.8 Å². The Morgan fingerprint density at radius 3 is 2.29 bits per heavy atom. The van der Waals surface area contributed by atoms with Crippen molar-refractivity contribution >= 4 is 10.9 Å². The summed E-state index contributed by atoms with van der Waals surface area (Å²) in [6.07, 6.45) is 2.01. The van der Waals surface area contributed by atoms with Crippen molar-refractivity contribution in [1.29, 1.82) is 0 Å². The summed E-state index contributed by atoms with van der Waals surface area (Å²) in [5.41, 5.74) is 4.74. The Morgan fingerprint density at radius 1 is 1.12 bits per heavy atom. The predicted molar refractivity (Wildman–Crippen MR) is 71.4 cm³/mol. The third-order valence-electron chi connectivity index (χ3n) is 3.27. The first-order chi connectivity index (χ1) is 7.93. The largest absolute Gasteiger partial charge is 0.266 e. The van der Waals surface area contributed by atoms with E-state index in [0.717, 1.165) is 5.69 Å². The van der Waals surface area contributed by atoms with Gasteiger partial charge in [-0.2, -0.15) is 5.10 Å². The molecule has 0 N–H and O–H groups in total. The van der Waals surface area contributed by atoms with Crippen LogP contribution in [0.15, 0.2) is 6.20 Å². The van der Waals surface area contributed by atoms with Gasteiger partial charge in [-0.15, -0.1) is 0 Å². The molecule has 0 saturated heterocycles. The molecule has 3 nitrogen and oxygen atoms in total. The molecule has 2 rings (SSSR count). The highest BCUT2D eigenvalue weighted by molar-refractivity contribution is 5.87. The zero-order valence-electron chi connectivity index (χ0n) is 11.6. The highest BCUT2D eigenvalue weighted by atomic mass is 15.3. The predicted octanol–water partition coefficient (Wildman–Crippen LogP) is 3.52. The lowest BCUT2D eigenvalue weighted by molar-refractivity contribution is 0.727. The number of aryl methyl sites for hydroxylation is 2. The molecule has 0 saturated carbocycles. The first-order valence-electron chi connectivity index (χ1n) is 6.25. The molecule has 0 radical (unpaired) electrons. The smallest absolute Gasteiger partial charge is 0.0897 e. The van der Waals surface area contributed by atoms with Crippen LogP contribution in [0.3, 0.4) is 0 Å². The van der Waals surface area contributed by atoms with E-state index in [1.807, 2.05) is 17.9 Å². The Morgan fingerprint density at radius 2 is 1.76 bits per heavy atom. The van der Waals surface area contributed by atoms with Gasteiger partial charge in [-0.05, 0) is 24.3 Å². The van der Waals surface area contributed by atoms with E-state index >= 15 is 0 Å². The van der Waals surface area contributed by atoms with Gasteiger partial charge in [-0.1, -0.05) is 27.7 Å². The normalized spacial score (nSPS) is 12.0. The van der Waals surface area contributed by atoms with Crippen LogP contribution in [0.25, 0.3) is 10.9 Å². The summed E-state index contributed by atoms with van der Waals surface area (Å²) in [6, 6.07) is 0. The fourth-order valence-electron chi connectivity index (χ4n) is 2.38. The maximum Gasteiger partial charge on any atom is 0.0897 e. The first kappa shape index (κ1) is 12.1. The Hall–Kier alpha value is -1.38. The lowest BCUT2D eigenvalue weighted by Crippen LogP contribution is -1.97. The number of pyridine rings is 1.